The molecule has 0 atom stereocenters. The smallest absolute Gasteiger partial charge is 0.271 e. The molecule has 7 nitrogen and oxygen atoms in total. The third kappa shape index (κ3) is 3.57. The lowest BCUT2D eigenvalue weighted by Gasteiger charge is -2.00. The zero-order chi connectivity index (χ0) is 18.1. The number of rotatable bonds is 1. The van der Waals surface area contributed by atoms with Gasteiger partial charge in [0.1, 0.15) is 0 Å². The number of benzene rings is 2. The van der Waals surface area contributed by atoms with E-state index in [-0.39, 0.29) is 28.9 Å². The van der Waals surface area contributed by atoms with Gasteiger partial charge < -0.3 is 10.6 Å². The zero-order valence-electron chi connectivity index (χ0n) is 12.6. The summed E-state index contributed by atoms with van der Waals surface area (Å²) in [6, 6.07) is 8.11. The molecule has 0 radical (unpaired) electrons. The molecular formula is C16H11Cl2N3O4. The van der Waals surface area contributed by atoms with E-state index in [1.165, 1.54) is 12.1 Å². The maximum Gasteiger partial charge on any atom is 0.271 e. The Balaban J connectivity index is 0.000000150. The second kappa shape index (κ2) is 6.70. The van der Waals surface area contributed by atoms with E-state index in [0.717, 1.165) is 11.3 Å². The van der Waals surface area contributed by atoms with Crippen LogP contribution in [0.2, 0.25) is 10.0 Å². The molecule has 0 unspecified atom stereocenters. The van der Waals surface area contributed by atoms with Gasteiger partial charge in [-0.05, 0) is 17.2 Å². The van der Waals surface area contributed by atoms with Gasteiger partial charge in [-0.1, -0.05) is 35.3 Å². The highest BCUT2D eigenvalue weighted by Gasteiger charge is 2.23. The van der Waals surface area contributed by atoms with Crippen LogP contribution in [0.4, 0.5) is 17.1 Å². The van der Waals surface area contributed by atoms with Gasteiger partial charge in [-0.25, -0.2) is 0 Å². The minimum absolute atomic E-state index is 0.0214. The van der Waals surface area contributed by atoms with Crippen LogP contribution >= 0.6 is 23.2 Å². The van der Waals surface area contributed by atoms with E-state index in [0.29, 0.717) is 22.7 Å². The van der Waals surface area contributed by atoms with E-state index in [1.54, 1.807) is 6.07 Å². The van der Waals surface area contributed by atoms with Gasteiger partial charge in [-0.3, -0.25) is 19.7 Å². The number of non-ortho nitro benzene ring substituents is 1. The van der Waals surface area contributed by atoms with Crippen LogP contribution in [0.15, 0.2) is 30.3 Å². The van der Waals surface area contributed by atoms with Crippen molar-refractivity contribution in [1.29, 1.82) is 0 Å². The van der Waals surface area contributed by atoms with Crippen LogP contribution in [-0.2, 0) is 22.4 Å². The molecule has 2 aliphatic rings. The molecule has 0 aromatic heterocycles. The van der Waals surface area contributed by atoms with Gasteiger partial charge in [0.05, 0.1) is 39.2 Å². The predicted molar refractivity (Wildman–Crippen MR) is 94.2 cm³/mol. The number of nitrogens with one attached hydrogen (secondary N) is 2. The fourth-order valence-corrected chi connectivity index (χ4v) is 3.12. The van der Waals surface area contributed by atoms with Gasteiger partial charge >= 0.3 is 0 Å². The minimum atomic E-state index is -0.533. The van der Waals surface area contributed by atoms with Crippen molar-refractivity contribution in [1.82, 2.24) is 0 Å². The van der Waals surface area contributed by atoms with Crippen molar-refractivity contribution in [3.05, 3.63) is 61.6 Å². The molecule has 9 heteroatoms. The highest BCUT2D eigenvalue weighted by Crippen LogP contribution is 2.34. The number of hydrogen-bond acceptors (Lipinski definition) is 4. The summed E-state index contributed by atoms with van der Waals surface area (Å²) in [6.07, 6.45) is 0.604. The van der Waals surface area contributed by atoms with Gasteiger partial charge in [-0.15, -0.1) is 0 Å². The predicted octanol–water partition coefficient (Wildman–Crippen LogP) is 3.58. The Morgan fingerprint density at radius 1 is 0.920 bits per heavy atom. The molecule has 128 valence electrons. The summed E-state index contributed by atoms with van der Waals surface area (Å²) in [5, 5.41) is 16.5. The Kier molecular flexibility index (Phi) is 4.61. The van der Waals surface area contributed by atoms with E-state index in [4.69, 9.17) is 23.2 Å². The Bertz CT molecular complexity index is 914. The van der Waals surface area contributed by atoms with E-state index < -0.39 is 4.92 Å². The Hall–Kier alpha value is -2.64. The molecule has 2 N–H and O–H groups in total. The summed E-state index contributed by atoms with van der Waals surface area (Å²) in [5.74, 6) is -0.171. The zero-order valence-corrected chi connectivity index (χ0v) is 14.1. The van der Waals surface area contributed by atoms with Crippen LogP contribution in [-0.4, -0.2) is 16.7 Å². The molecule has 2 aromatic carbocycles. The van der Waals surface area contributed by atoms with Crippen molar-refractivity contribution >= 4 is 52.1 Å². The molecule has 0 bridgehead atoms. The number of fused-ring (bicyclic) bond motifs is 2. The molecule has 0 saturated carbocycles. The van der Waals surface area contributed by atoms with Crippen molar-refractivity contribution in [2.45, 2.75) is 12.8 Å². The summed E-state index contributed by atoms with van der Waals surface area (Å²) >= 11 is 11.6. The van der Waals surface area contributed by atoms with Crippen molar-refractivity contribution in [2.75, 3.05) is 10.6 Å². The quantitative estimate of drug-likeness (QED) is 0.583. The van der Waals surface area contributed by atoms with E-state index in [1.807, 2.05) is 12.1 Å². The molecular weight excluding hydrogens is 369 g/mol. The molecule has 2 aliphatic heterocycles. The first-order valence-corrected chi connectivity index (χ1v) is 7.94. The lowest BCUT2D eigenvalue weighted by atomic mass is 10.1. The maximum atomic E-state index is 11.0. The molecule has 2 amide bonds. The monoisotopic (exact) mass is 379 g/mol. The number of hydrogen-bond donors (Lipinski definition) is 2. The Labute approximate surface area is 152 Å². The van der Waals surface area contributed by atoms with Crippen LogP contribution in [0.25, 0.3) is 0 Å². The van der Waals surface area contributed by atoms with Crippen LogP contribution in [0.5, 0.6) is 0 Å². The lowest BCUT2D eigenvalue weighted by molar-refractivity contribution is -0.384. The molecule has 25 heavy (non-hydrogen) atoms. The first-order chi connectivity index (χ1) is 11.8. The number of carbonyl (C=O) groups is 2. The number of anilines is 2. The average molecular weight is 380 g/mol. The van der Waals surface area contributed by atoms with Gasteiger partial charge in [0, 0.05) is 12.1 Å². The summed E-state index contributed by atoms with van der Waals surface area (Å²) in [5.41, 5.74) is 2.74. The van der Waals surface area contributed by atoms with Crippen molar-refractivity contribution in [3.63, 3.8) is 0 Å². The number of nitro benzene ring substituents is 1. The van der Waals surface area contributed by atoms with Gasteiger partial charge in [0.2, 0.25) is 11.8 Å². The minimum Gasteiger partial charge on any atom is -0.324 e. The van der Waals surface area contributed by atoms with Gasteiger partial charge in [0.25, 0.3) is 5.69 Å². The molecule has 2 heterocycles. The summed E-state index contributed by atoms with van der Waals surface area (Å²) in [4.78, 5) is 31.8. The number of amides is 2. The lowest BCUT2D eigenvalue weighted by Crippen LogP contribution is -2.03. The second-order valence-electron chi connectivity index (χ2n) is 5.44. The SMILES string of the molecule is O=C1Cc2cc([N+](=O)[O-])cc(Cl)c2N1.O=C1Cc2cccc(Cl)c2N1. The fraction of sp³-hybridized carbons (Fsp3) is 0.125. The van der Waals surface area contributed by atoms with E-state index >= 15 is 0 Å². The van der Waals surface area contributed by atoms with E-state index in [9.17, 15) is 19.7 Å². The number of nitro groups is 1. The molecule has 0 saturated heterocycles. The highest BCUT2D eigenvalue weighted by atomic mass is 35.5. The molecule has 0 spiro atoms. The van der Waals surface area contributed by atoms with Crippen molar-refractivity contribution < 1.29 is 14.5 Å². The van der Waals surface area contributed by atoms with Crippen LogP contribution in [0.1, 0.15) is 11.1 Å². The number of halogens is 2. The number of carbonyl (C=O) groups excluding carboxylic acids is 2. The van der Waals surface area contributed by atoms with Gasteiger partial charge in [-0.2, -0.15) is 0 Å². The van der Waals surface area contributed by atoms with Crippen LogP contribution < -0.4 is 10.6 Å². The van der Waals surface area contributed by atoms with Gasteiger partial charge in [0.15, 0.2) is 0 Å². The summed E-state index contributed by atoms with van der Waals surface area (Å²) in [7, 11) is 0. The second-order valence-corrected chi connectivity index (χ2v) is 6.26. The first kappa shape index (κ1) is 17.2. The van der Waals surface area contributed by atoms with Crippen molar-refractivity contribution in [3.8, 4) is 0 Å². The molecule has 0 aliphatic carbocycles. The first-order valence-electron chi connectivity index (χ1n) is 7.19. The third-order valence-electron chi connectivity index (χ3n) is 3.70. The maximum absolute atomic E-state index is 11.0. The van der Waals surface area contributed by atoms with E-state index in [2.05, 4.69) is 10.6 Å². The number of para-hydroxylation sites is 1. The third-order valence-corrected chi connectivity index (χ3v) is 4.31. The normalized spacial score (nSPS) is 14.0. The van der Waals surface area contributed by atoms with Crippen molar-refractivity contribution in [2.24, 2.45) is 0 Å². The average Bonchev–Trinajstić information content (AvgIpc) is 3.10. The molecule has 4 rings (SSSR count). The Morgan fingerprint density at radius 3 is 2.12 bits per heavy atom. The molecule has 2 aromatic rings. The largest absolute Gasteiger partial charge is 0.324 e. The van der Waals surface area contributed by atoms with Crippen LogP contribution in [0.3, 0.4) is 0 Å². The molecule has 0 fully saturated rings. The fourth-order valence-electron chi connectivity index (χ4n) is 2.60. The standard InChI is InChI=1S/C8H5ClN2O3.C8H6ClNO/c9-6-3-5(11(13)14)1-4-2-7(12)10-8(4)6;9-6-3-1-2-5-4-7(11)10-8(5)6/h1,3H,2H2,(H,10,12);1-3H,4H2,(H,10,11). The summed E-state index contributed by atoms with van der Waals surface area (Å²) < 4.78 is 0. The number of nitrogens with zero attached hydrogens (tertiary/aromatic N) is 1. The topological polar surface area (TPSA) is 101 Å². The summed E-state index contributed by atoms with van der Waals surface area (Å²) in [6.45, 7) is 0. The van der Waals surface area contributed by atoms with Crippen LogP contribution in [0, 0.1) is 10.1 Å². The highest BCUT2D eigenvalue weighted by molar-refractivity contribution is 6.35. The Morgan fingerprint density at radius 2 is 1.52 bits per heavy atom.